The van der Waals surface area contributed by atoms with Crippen LogP contribution >= 0.6 is 23.2 Å². The fourth-order valence-electron chi connectivity index (χ4n) is 2.41. The van der Waals surface area contributed by atoms with E-state index in [2.05, 4.69) is 23.9 Å². The molecule has 1 atom stereocenters. The molecule has 1 aliphatic rings. The van der Waals surface area contributed by atoms with Crippen LogP contribution in [0.5, 0.6) is 0 Å². The van der Waals surface area contributed by atoms with Gasteiger partial charge in [-0.15, -0.1) is 0 Å². The van der Waals surface area contributed by atoms with Crippen molar-refractivity contribution in [3.05, 3.63) is 28.0 Å². The molecule has 2 rings (SSSR count). The standard InChI is InChI=1S/C13H17Cl2N3O/c1-9-8-17(2)4-3-5-18(9)13(19)10-6-12(15)16-7-11(10)14/h6-7,9H,3-5,8H2,1-2H3. The number of pyridine rings is 1. The topological polar surface area (TPSA) is 36.4 Å². The molecule has 104 valence electrons. The maximum absolute atomic E-state index is 12.6. The van der Waals surface area contributed by atoms with E-state index in [4.69, 9.17) is 23.2 Å². The van der Waals surface area contributed by atoms with Crippen LogP contribution in [-0.4, -0.2) is 53.4 Å². The van der Waals surface area contributed by atoms with Crippen molar-refractivity contribution in [2.75, 3.05) is 26.7 Å². The molecule has 2 heterocycles. The molecule has 1 aliphatic heterocycles. The summed E-state index contributed by atoms with van der Waals surface area (Å²) >= 11 is 11.9. The summed E-state index contributed by atoms with van der Waals surface area (Å²) in [6, 6.07) is 1.69. The van der Waals surface area contributed by atoms with Crippen LogP contribution in [0.15, 0.2) is 12.3 Å². The van der Waals surface area contributed by atoms with E-state index in [0.29, 0.717) is 10.6 Å². The van der Waals surface area contributed by atoms with Crippen molar-refractivity contribution < 1.29 is 4.79 Å². The van der Waals surface area contributed by atoms with Gasteiger partial charge in [-0.25, -0.2) is 4.98 Å². The Bertz CT molecular complexity index is 481. The van der Waals surface area contributed by atoms with Crippen molar-refractivity contribution in [1.29, 1.82) is 0 Å². The molecule has 0 radical (unpaired) electrons. The third-order valence-corrected chi connectivity index (χ3v) is 3.87. The highest BCUT2D eigenvalue weighted by Crippen LogP contribution is 2.22. The van der Waals surface area contributed by atoms with Gasteiger partial charge in [0.25, 0.3) is 5.91 Å². The van der Waals surface area contributed by atoms with Crippen LogP contribution in [0.2, 0.25) is 10.2 Å². The summed E-state index contributed by atoms with van der Waals surface area (Å²) in [5.41, 5.74) is 0.429. The first kappa shape index (κ1) is 14.6. The summed E-state index contributed by atoms with van der Waals surface area (Å²) < 4.78 is 0. The number of likely N-dealkylation sites (N-methyl/N-ethyl adjacent to an activating group) is 1. The Hall–Kier alpha value is -0.840. The molecule has 1 aromatic heterocycles. The zero-order valence-corrected chi connectivity index (χ0v) is 12.6. The maximum atomic E-state index is 12.6. The predicted octanol–water partition coefficient (Wildman–Crippen LogP) is 2.55. The zero-order chi connectivity index (χ0) is 14.0. The van der Waals surface area contributed by atoms with Gasteiger partial charge in [0.2, 0.25) is 0 Å². The van der Waals surface area contributed by atoms with Gasteiger partial charge in [-0.05, 0) is 33.0 Å². The first-order valence-corrected chi connectivity index (χ1v) is 7.05. The second-order valence-electron chi connectivity index (χ2n) is 4.95. The molecule has 1 aromatic rings. The summed E-state index contributed by atoms with van der Waals surface area (Å²) in [6.07, 6.45) is 2.38. The fraction of sp³-hybridized carbons (Fsp3) is 0.538. The Morgan fingerprint density at radius 2 is 2.16 bits per heavy atom. The molecule has 6 heteroatoms. The smallest absolute Gasteiger partial charge is 0.255 e. The van der Waals surface area contributed by atoms with Crippen LogP contribution in [0.25, 0.3) is 0 Å². The number of carbonyl (C=O) groups excluding carboxylic acids is 1. The Kier molecular flexibility index (Phi) is 4.66. The lowest BCUT2D eigenvalue weighted by Crippen LogP contribution is -2.42. The van der Waals surface area contributed by atoms with Gasteiger partial charge in [0.1, 0.15) is 5.15 Å². The number of amides is 1. The van der Waals surface area contributed by atoms with Gasteiger partial charge in [0.15, 0.2) is 0 Å². The van der Waals surface area contributed by atoms with Gasteiger partial charge < -0.3 is 9.80 Å². The molecular weight excluding hydrogens is 285 g/mol. The highest BCUT2D eigenvalue weighted by molar-refractivity contribution is 6.35. The van der Waals surface area contributed by atoms with Gasteiger partial charge >= 0.3 is 0 Å². The highest BCUT2D eigenvalue weighted by Gasteiger charge is 2.26. The lowest BCUT2D eigenvalue weighted by Gasteiger charge is -2.28. The Morgan fingerprint density at radius 3 is 2.89 bits per heavy atom. The Labute approximate surface area is 123 Å². The molecule has 0 aromatic carbocycles. The van der Waals surface area contributed by atoms with Gasteiger partial charge in [0, 0.05) is 25.3 Å². The van der Waals surface area contributed by atoms with Crippen LogP contribution < -0.4 is 0 Å². The Morgan fingerprint density at radius 1 is 1.42 bits per heavy atom. The van der Waals surface area contributed by atoms with E-state index < -0.39 is 0 Å². The molecular formula is C13H17Cl2N3O. The van der Waals surface area contributed by atoms with Crippen LogP contribution in [0, 0.1) is 0 Å². The van der Waals surface area contributed by atoms with Gasteiger partial charge in [0.05, 0.1) is 10.6 Å². The number of hydrogen-bond donors (Lipinski definition) is 0. The molecule has 1 saturated heterocycles. The molecule has 0 spiro atoms. The fourth-order valence-corrected chi connectivity index (χ4v) is 2.75. The summed E-state index contributed by atoms with van der Waals surface area (Å²) in [6.45, 7) is 4.65. The van der Waals surface area contributed by atoms with Crippen molar-refractivity contribution in [2.24, 2.45) is 0 Å². The van der Waals surface area contributed by atoms with Crippen molar-refractivity contribution in [1.82, 2.24) is 14.8 Å². The number of aromatic nitrogens is 1. The normalized spacial score (nSPS) is 21.3. The maximum Gasteiger partial charge on any atom is 0.255 e. The van der Waals surface area contributed by atoms with Crippen molar-refractivity contribution in [3.8, 4) is 0 Å². The highest BCUT2D eigenvalue weighted by atomic mass is 35.5. The second-order valence-corrected chi connectivity index (χ2v) is 5.74. The molecule has 1 fully saturated rings. The van der Waals surface area contributed by atoms with E-state index in [1.807, 2.05) is 4.90 Å². The molecule has 1 unspecified atom stereocenters. The summed E-state index contributed by atoms with van der Waals surface area (Å²) in [5, 5.41) is 0.631. The van der Waals surface area contributed by atoms with Crippen LogP contribution in [-0.2, 0) is 0 Å². The minimum Gasteiger partial charge on any atom is -0.335 e. The SMILES string of the molecule is CC1CN(C)CCCN1C(=O)c1cc(Cl)ncc1Cl. The quantitative estimate of drug-likeness (QED) is 0.748. The zero-order valence-electron chi connectivity index (χ0n) is 11.1. The lowest BCUT2D eigenvalue weighted by molar-refractivity contribution is 0.0696. The molecule has 1 amide bonds. The second kappa shape index (κ2) is 6.07. The van der Waals surface area contributed by atoms with Crippen LogP contribution in [0.4, 0.5) is 0 Å². The largest absolute Gasteiger partial charge is 0.335 e. The van der Waals surface area contributed by atoms with Gasteiger partial charge in [-0.2, -0.15) is 0 Å². The first-order chi connectivity index (χ1) is 8.99. The number of nitrogens with zero attached hydrogens (tertiary/aromatic N) is 3. The lowest BCUT2D eigenvalue weighted by atomic mass is 10.2. The van der Waals surface area contributed by atoms with Crippen molar-refractivity contribution >= 4 is 29.1 Å². The van der Waals surface area contributed by atoms with Gasteiger partial charge in [-0.3, -0.25) is 4.79 Å². The van der Waals surface area contributed by atoms with Crippen LogP contribution in [0.1, 0.15) is 23.7 Å². The summed E-state index contributed by atoms with van der Waals surface area (Å²) in [4.78, 5) is 20.5. The minimum atomic E-state index is -0.0721. The first-order valence-electron chi connectivity index (χ1n) is 6.29. The number of carbonyl (C=O) groups is 1. The van der Waals surface area contributed by atoms with Crippen molar-refractivity contribution in [3.63, 3.8) is 0 Å². The summed E-state index contributed by atoms with van der Waals surface area (Å²) in [7, 11) is 2.07. The third-order valence-electron chi connectivity index (χ3n) is 3.36. The minimum absolute atomic E-state index is 0.0721. The monoisotopic (exact) mass is 301 g/mol. The molecule has 0 N–H and O–H groups in total. The number of halogens is 2. The average molecular weight is 302 g/mol. The summed E-state index contributed by atoms with van der Waals surface area (Å²) in [5.74, 6) is -0.0721. The number of hydrogen-bond acceptors (Lipinski definition) is 3. The number of rotatable bonds is 1. The van der Waals surface area contributed by atoms with E-state index in [0.717, 1.165) is 26.1 Å². The van der Waals surface area contributed by atoms with E-state index in [1.165, 1.54) is 12.3 Å². The predicted molar refractivity (Wildman–Crippen MR) is 76.9 cm³/mol. The van der Waals surface area contributed by atoms with E-state index in [1.54, 1.807) is 0 Å². The van der Waals surface area contributed by atoms with E-state index in [9.17, 15) is 4.79 Å². The molecule has 0 saturated carbocycles. The molecule has 19 heavy (non-hydrogen) atoms. The average Bonchev–Trinajstić information content (AvgIpc) is 2.52. The van der Waals surface area contributed by atoms with Crippen molar-refractivity contribution in [2.45, 2.75) is 19.4 Å². The van der Waals surface area contributed by atoms with Gasteiger partial charge in [-0.1, -0.05) is 23.2 Å². The third kappa shape index (κ3) is 3.38. The van der Waals surface area contributed by atoms with E-state index >= 15 is 0 Å². The van der Waals surface area contributed by atoms with E-state index in [-0.39, 0.29) is 17.1 Å². The Balaban J connectivity index is 2.25. The molecule has 4 nitrogen and oxygen atoms in total. The molecule has 0 aliphatic carbocycles. The molecule has 0 bridgehead atoms. The van der Waals surface area contributed by atoms with Crippen LogP contribution in [0.3, 0.4) is 0 Å².